The predicted octanol–water partition coefficient (Wildman–Crippen LogP) is 24.6. The van der Waals surface area contributed by atoms with Gasteiger partial charge in [-0.25, -0.2) is 44.9 Å². The zero-order valence-electron chi connectivity index (χ0n) is 63.5. The average Bonchev–Trinajstić information content (AvgIpc) is 1.64. The fourth-order valence-electron chi connectivity index (χ4n) is 11.9. The van der Waals surface area contributed by atoms with E-state index in [1.165, 1.54) is 42.2 Å². The zero-order valence-corrected chi connectivity index (χ0v) is 65.1. The summed E-state index contributed by atoms with van der Waals surface area (Å²) in [6, 6.07) is 74.0. The standard InChI is InChI=1S/C16H17N3.C16H15NO.C16H15NS.C11H14N2.C10H13N3.C10H11NO.C10H11NS/c1-11(2)12-6-4-7-13(10-12)15-18-14-8-5-9-17-16(14)19(15)3;2*1-11(2)12-6-5-7-13(10-12)16-17-14-8-3-4-9-15(14)18-16;1-8(2)11-12-9-6-4-5-7-10(9)13(11)3;1-7(2)9-12-8-5-4-6-11-10(8)13(9)3;2*1-7(2)10-11-8-5-3-4-6-9(8)12-10/h4-11H,1-3H3;2*3-11H,1-2H3;4-8H,1-3H3;4-7H,1-3H3;2*3-7H,1-2H3. The van der Waals surface area contributed by atoms with Crippen molar-refractivity contribution in [2.24, 2.45) is 21.1 Å². The summed E-state index contributed by atoms with van der Waals surface area (Å²) in [5, 5.41) is 2.34. The normalized spacial score (nSPS) is 11.3. The van der Waals surface area contributed by atoms with E-state index in [1.807, 2.05) is 117 Å². The van der Waals surface area contributed by atoms with Crippen LogP contribution in [0, 0.1) is 0 Å². The number of hydrogen-bond acceptors (Lipinski definition) is 13. The second kappa shape index (κ2) is 34.6. The number of oxazole rings is 2. The van der Waals surface area contributed by atoms with E-state index < -0.39 is 0 Å². The Balaban J connectivity index is 0.000000123. The molecule has 0 amide bonds. The second-order valence-electron chi connectivity index (χ2n) is 28.2. The van der Waals surface area contributed by atoms with Gasteiger partial charge in [0.15, 0.2) is 28.4 Å². The van der Waals surface area contributed by atoms with E-state index in [-0.39, 0.29) is 0 Å². The maximum atomic E-state index is 5.78. The molecule has 0 saturated carbocycles. The maximum absolute atomic E-state index is 5.78. The Morgan fingerprint density at radius 3 is 1.28 bits per heavy atom. The van der Waals surface area contributed by atoms with Crippen molar-refractivity contribution >= 4 is 98.7 Å². The topological polar surface area (TPSA) is 157 Å². The Labute approximate surface area is 625 Å². The third-order valence-electron chi connectivity index (χ3n) is 17.8. The van der Waals surface area contributed by atoms with Crippen LogP contribution < -0.4 is 0 Å². The van der Waals surface area contributed by atoms with Gasteiger partial charge in [0.1, 0.15) is 44.5 Å². The third kappa shape index (κ3) is 18.6. The Morgan fingerprint density at radius 1 is 0.314 bits per heavy atom. The lowest BCUT2D eigenvalue weighted by molar-refractivity contribution is 0.501. The lowest BCUT2D eigenvalue weighted by atomic mass is 10.0. The van der Waals surface area contributed by atoms with Gasteiger partial charge in [0.05, 0.1) is 36.5 Å². The summed E-state index contributed by atoms with van der Waals surface area (Å²) in [6.07, 6.45) is 3.60. The molecule has 17 aromatic rings. The second-order valence-corrected chi connectivity index (χ2v) is 30.3. The van der Waals surface area contributed by atoms with Crippen molar-refractivity contribution in [2.75, 3.05) is 0 Å². The number of benzene rings is 8. The third-order valence-corrected chi connectivity index (χ3v) is 20.2. The first kappa shape index (κ1) is 75.4. The number of rotatable bonds is 10. The number of pyridine rings is 2. The number of fused-ring (bicyclic) bond motifs is 7. The summed E-state index contributed by atoms with van der Waals surface area (Å²) in [6.45, 7) is 30.3. The number of para-hydroxylation sites is 8. The minimum atomic E-state index is 0.359. The first-order chi connectivity index (χ1) is 50.6. The average molecular weight is 1430 g/mol. The molecule has 0 radical (unpaired) electrons. The summed E-state index contributed by atoms with van der Waals surface area (Å²) in [5.74, 6) is 8.14. The van der Waals surface area contributed by atoms with Gasteiger partial charge in [0, 0.05) is 73.9 Å². The van der Waals surface area contributed by atoms with Crippen LogP contribution in [0.1, 0.15) is 178 Å². The molecule has 536 valence electrons. The van der Waals surface area contributed by atoms with Crippen LogP contribution in [-0.4, -0.2) is 58.6 Å². The zero-order chi connectivity index (χ0) is 74.4. The van der Waals surface area contributed by atoms with Crippen molar-refractivity contribution in [1.29, 1.82) is 0 Å². The van der Waals surface area contributed by atoms with E-state index >= 15 is 0 Å². The molecule has 9 heterocycles. The molecule has 14 nitrogen and oxygen atoms in total. The van der Waals surface area contributed by atoms with Gasteiger partial charge in [0.2, 0.25) is 5.89 Å². The van der Waals surface area contributed by atoms with E-state index in [2.05, 4.69) is 273 Å². The molecule has 0 spiro atoms. The van der Waals surface area contributed by atoms with Crippen molar-refractivity contribution in [1.82, 2.24) is 58.6 Å². The highest BCUT2D eigenvalue weighted by Crippen LogP contribution is 2.34. The smallest absolute Gasteiger partial charge is 0.227 e. The largest absolute Gasteiger partial charge is 0.440 e. The molecule has 0 fully saturated rings. The fourth-order valence-corrected chi connectivity index (χ4v) is 13.8. The van der Waals surface area contributed by atoms with Gasteiger partial charge in [-0.05, 0) is 144 Å². The first-order valence-electron chi connectivity index (χ1n) is 36.3. The SMILES string of the molecule is CC(C)c1cccc(-c2nc3ccccc3o2)c1.CC(C)c1cccc(-c2nc3ccccc3s2)c1.CC(C)c1cccc(-c2nc3cccnc3n2C)c1.CC(C)c1nc2ccccc2n1C.CC(C)c1nc2ccccc2o1.CC(C)c1nc2ccccc2s1.CC(C)c1nc2cccnc2n1C. The number of hydrogen-bond donors (Lipinski definition) is 0. The van der Waals surface area contributed by atoms with Crippen LogP contribution in [0.5, 0.6) is 0 Å². The Morgan fingerprint density at radius 2 is 0.762 bits per heavy atom. The molecule has 0 unspecified atom stereocenters. The van der Waals surface area contributed by atoms with Crippen molar-refractivity contribution in [3.05, 3.63) is 270 Å². The highest BCUT2D eigenvalue weighted by Gasteiger charge is 2.16. The van der Waals surface area contributed by atoms with E-state index in [0.717, 1.165) is 101 Å². The molecule has 17 rings (SSSR count). The first-order valence-corrected chi connectivity index (χ1v) is 37.9. The molecular weight excluding hydrogens is 1330 g/mol. The monoisotopic (exact) mass is 1430 g/mol. The molecule has 16 heteroatoms. The summed E-state index contributed by atoms with van der Waals surface area (Å²) in [7, 11) is 6.10. The van der Waals surface area contributed by atoms with Gasteiger partial charge in [-0.15, -0.1) is 22.7 Å². The minimum absolute atomic E-state index is 0.359. The van der Waals surface area contributed by atoms with Crippen molar-refractivity contribution < 1.29 is 8.83 Å². The van der Waals surface area contributed by atoms with Gasteiger partial charge in [0.25, 0.3) is 0 Å². The molecular formula is C89H96N12O2S2. The van der Waals surface area contributed by atoms with E-state index in [1.54, 1.807) is 35.1 Å². The highest BCUT2D eigenvalue weighted by atomic mass is 32.1. The quantitative estimate of drug-likeness (QED) is 0.128. The number of thiazole rings is 2. The van der Waals surface area contributed by atoms with E-state index in [9.17, 15) is 0 Å². The Bertz CT molecular complexity index is 5250. The molecule has 0 aliphatic rings. The van der Waals surface area contributed by atoms with Crippen LogP contribution in [0.15, 0.2) is 240 Å². The van der Waals surface area contributed by atoms with Crippen LogP contribution in [0.2, 0.25) is 0 Å². The molecule has 0 saturated heterocycles. The lowest BCUT2D eigenvalue weighted by Gasteiger charge is -2.08. The maximum Gasteiger partial charge on any atom is 0.227 e. The van der Waals surface area contributed by atoms with Crippen LogP contribution in [-0.2, 0) is 21.1 Å². The molecule has 8 aromatic carbocycles. The molecule has 0 N–H and O–H groups in total. The Hall–Kier alpha value is -10.8. The summed E-state index contributed by atoms with van der Waals surface area (Å²) < 4.78 is 20.1. The van der Waals surface area contributed by atoms with Crippen molar-refractivity contribution in [2.45, 2.75) is 138 Å². The van der Waals surface area contributed by atoms with Gasteiger partial charge in [-0.2, -0.15) is 0 Å². The molecule has 0 aliphatic carbocycles. The van der Waals surface area contributed by atoms with Crippen LogP contribution >= 0.6 is 22.7 Å². The van der Waals surface area contributed by atoms with Crippen LogP contribution in [0.25, 0.3) is 109 Å². The van der Waals surface area contributed by atoms with E-state index in [4.69, 9.17) is 13.8 Å². The van der Waals surface area contributed by atoms with Crippen LogP contribution in [0.4, 0.5) is 0 Å². The molecule has 0 aliphatic heterocycles. The van der Waals surface area contributed by atoms with Crippen LogP contribution in [0.3, 0.4) is 0 Å². The molecule has 105 heavy (non-hydrogen) atoms. The summed E-state index contributed by atoms with van der Waals surface area (Å²) >= 11 is 3.55. The van der Waals surface area contributed by atoms with Crippen molar-refractivity contribution in [3.8, 4) is 33.4 Å². The van der Waals surface area contributed by atoms with Crippen molar-refractivity contribution in [3.63, 3.8) is 0 Å². The molecule has 9 aromatic heterocycles. The van der Waals surface area contributed by atoms with Gasteiger partial charge in [-0.1, -0.05) is 206 Å². The lowest BCUT2D eigenvalue weighted by Crippen LogP contribution is -1.99. The van der Waals surface area contributed by atoms with Gasteiger partial charge >= 0.3 is 0 Å². The number of aryl methyl sites for hydroxylation is 3. The highest BCUT2D eigenvalue weighted by molar-refractivity contribution is 7.21. The summed E-state index contributed by atoms with van der Waals surface area (Å²) in [5.41, 5.74) is 19.3. The Kier molecular flexibility index (Phi) is 24.9. The van der Waals surface area contributed by atoms with E-state index in [0.29, 0.717) is 47.3 Å². The van der Waals surface area contributed by atoms with Gasteiger partial charge < -0.3 is 22.5 Å². The molecule has 0 atom stereocenters. The summed E-state index contributed by atoms with van der Waals surface area (Å²) in [4.78, 5) is 40.5. The molecule has 0 bridgehead atoms. The predicted molar refractivity (Wildman–Crippen MR) is 440 cm³/mol. The fraction of sp³-hybridized carbons (Fsp3) is 0.270. The van der Waals surface area contributed by atoms with Gasteiger partial charge in [-0.3, -0.25) is 0 Å². The number of imidazole rings is 3. The number of nitrogens with zero attached hydrogens (tertiary/aromatic N) is 12. The minimum Gasteiger partial charge on any atom is -0.440 e. The number of aromatic nitrogens is 12.